The number of fused-ring (bicyclic) bond motifs is 2. The Hall–Kier alpha value is -3.45. The third-order valence-corrected chi connectivity index (χ3v) is 5.52. The summed E-state index contributed by atoms with van der Waals surface area (Å²) in [5.41, 5.74) is 4.67. The number of rotatable bonds is 5. The lowest BCUT2D eigenvalue weighted by Gasteiger charge is -2.21. The molecular weight excluding hydrogens is 382 g/mol. The summed E-state index contributed by atoms with van der Waals surface area (Å²) >= 11 is 0. The SMILES string of the molecule is COCc1nn2cc3c(nc2c1-c1cccc(OC)c1)CC(c1ccco1)CC3=O. The molecule has 0 spiro atoms. The quantitative estimate of drug-likeness (QED) is 0.500. The third-order valence-electron chi connectivity index (χ3n) is 5.52. The molecule has 5 rings (SSSR count). The zero-order chi connectivity index (χ0) is 20.7. The Morgan fingerprint density at radius 3 is 2.87 bits per heavy atom. The molecule has 4 aromatic rings. The first-order valence-corrected chi connectivity index (χ1v) is 9.79. The van der Waals surface area contributed by atoms with Crippen LogP contribution in [0.4, 0.5) is 0 Å². The van der Waals surface area contributed by atoms with E-state index in [1.807, 2.05) is 36.4 Å². The topological polar surface area (TPSA) is 78.9 Å². The predicted molar refractivity (Wildman–Crippen MR) is 110 cm³/mol. The van der Waals surface area contributed by atoms with Crippen molar-refractivity contribution in [3.05, 3.63) is 71.6 Å². The van der Waals surface area contributed by atoms with Crippen molar-refractivity contribution in [1.82, 2.24) is 14.6 Å². The van der Waals surface area contributed by atoms with Gasteiger partial charge in [0.1, 0.15) is 11.5 Å². The fourth-order valence-corrected chi connectivity index (χ4v) is 4.12. The highest BCUT2D eigenvalue weighted by Crippen LogP contribution is 2.35. The molecule has 0 N–H and O–H groups in total. The van der Waals surface area contributed by atoms with Gasteiger partial charge in [0, 0.05) is 32.1 Å². The molecule has 0 bridgehead atoms. The van der Waals surface area contributed by atoms with E-state index in [2.05, 4.69) is 5.10 Å². The normalized spacial score (nSPS) is 16.1. The molecule has 3 aromatic heterocycles. The van der Waals surface area contributed by atoms with E-state index in [1.165, 1.54) is 0 Å². The van der Waals surface area contributed by atoms with Crippen LogP contribution in [-0.4, -0.2) is 34.6 Å². The fraction of sp³-hybridized carbons (Fsp3) is 0.261. The Labute approximate surface area is 173 Å². The Morgan fingerprint density at radius 2 is 2.10 bits per heavy atom. The van der Waals surface area contributed by atoms with Crippen molar-refractivity contribution < 1.29 is 18.7 Å². The minimum atomic E-state index is -0.00316. The van der Waals surface area contributed by atoms with E-state index >= 15 is 0 Å². The van der Waals surface area contributed by atoms with E-state index in [1.54, 1.807) is 31.2 Å². The maximum atomic E-state index is 12.8. The molecule has 0 radical (unpaired) electrons. The smallest absolute Gasteiger partial charge is 0.167 e. The largest absolute Gasteiger partial charge is 0.497 e. The van der Waals surface area contributed by atoms with Gasteiger partial charge < -0.3 is 13.9 Å². The molecule has 1 aliphatic rings. The Kier molecular flexibility index (Phi) is 4.59. The lowest BCUT2D eigenvalue weighted by Crippen LogP contribution is -2.21. The molecule has 0 saturated carbocycles. The van der Waals surface area contributed by atoms with Gasteiger partial charge in [-0.25, -0.2) is 9.50 Å². The van der Waals surface area contributed by atoms with Crippen molar-refractivity contribution in [2.45, 2.75) is 25.4 Å². The molecule has 1 unspecified atom stereocenters. The third kappa shape index (κ3) is 3.07. The zero-order valence-electron chi connectivity index (χ0n) is 16.8. The van der Waals surface area contributed by atoms with E-state index in [-0.39, 0.29) is 11.7 Å². The second-order valence-electron chi connectivity index (χ2n) is 7.40. The number of carbonyl (C=O) groups is 1. The second kappa shape index (κ2) is 7.42. The number of nitrogens with zero attached hydrogens (tertiary/aromatic N) is 3. The van der Waals surface area contributed by atoms with Gasteiger partial charge in [0.05, 0.1) is 42.5 Å². The molecule has 3 heterocycles. The van der Waals surface area contributed by atoms with Gasteiger partial charge in [-0.2, -0.15) is 5.10 Å². The lowest BCUT2D eigenvalue weighted by atomic mass is 9.85. The molecule has 0 aliphatic heterocycles. The first-order chi connectivity index (χ1) is 14.7. The maximum absolute atomic E-state index is 12.8. The van der Waals surface area contributed by atoms with Crippen LogP contribution in [-0.2, 0) is 17.8 Å². The zero-order valence-corrected chi connectivity index (χ0v) is 16.8. The summed E-state index contributed by atoms with van der Waals surface area (Å²) in [5.74, 6) is 1.62. The number of hydrogen-bond donors (Lipinski definition) is 0. The first-order valence-electron chi connectivity index (χ1n) is 9.79. The van der Waals surface area contributed by atoms with Crippen molar-refractivity contribution in [2.75, 3.05) is 14.2 Å². The van der Waals surface area contributed by atoms with E-state index in [4.69, 9.17) is 18.9 Å². The van der Waals surface area contributed by atoms with Gasteiger partial charge in [0.15, 0.2) is 11.4 Å². The summed E-state index contributed by atoms with van der Waals surface area (Å²) in [4.78, 5) is 17.7. The maximum Gasteiger partial charge on any atom is 0.167 e. The summed E-state index contributed by atoms with van der Waals surface area (Å²) in [6.07, 6.45) is 4.48. The monoisotopic (exact) mass is 403 g/mol. The van der Waals surface area contributed by atoms with Crippen molar-refractivity contribution in [2.24, 2.45) is 0 Å². The summed E-state index contributed by atoms with van der Waals surface area (Å²) in [6, 6.07) is 11.5. The van der Waals surface area contributed by atoms with E-state index < -0.39 is 0 Å². The van der Waals surface area contributed by atoms with Crippen LogP contribution in [0, 0.1) is 0 Å². The summed E-state index contributed by atoms with van der Waals surface area (Å²) in [6.45, 7) is 0.337. The summed E-state index contributed by atoms with van der Waals surface area (Å²) in [7, 11) is 3.27. The highest BCUT2D eigenvalue weighted by atomic mass is 16.5. The van der Waals surface area contributed by atoms with Gasteiger partial charge in [0.2, 0.25) is 0 Å². The molecule has 152 valence electrons. The van der Waals surface area contributed by atoms with E-state index in [9.17, 15) is 4.79 Å². The molecule has 7 heteroatoms. The number of benzene rings is 1. The summed E-state index contributed by atoms with van der Waals surface area (Å²) < 4.78 is 18.0. The molecule has 1 aliphatic carbocycles. The molecule has 0 saturated heterocycles. The average molecular weight is 403 g/mol. The van der Waals surface area contributed by atoms with E-state index in [0.29, 0.717) is 30.7 Å². The lowest BCUT2D eigenvalue weighted by molar-refractivity contribution is 0.0958. The molecule has 30 heavy (non-hydrogen) atoms. The van der Waals surface area contributed by atoms with Crippen LogP contribution in [0.2, 0.25) is 0 Å². The average Bonchev–Trinajstić information content (AvgIpc) is 3.40. The molecule has 7 nitrogen and oxygen atoms in total. The van der Waals surface area contributed by atoms with Crippen LogP contribution in [0.1, 0.15) is 39.8 Å². The number of carbonyl (C=O) groups excluding carboxylic acids is 1. The highest BCUT2D eigenvalue weighted by Gasteiger charge is 2.30. The number of aromatic nitrogens is 3. The van der Waals surface area contributed by atoms with Crippen LogP contribution in [0.25, 0.3) is 16.8 Å². The number of methoxy groups -OCH3 is 2. The van der Waals surface area contributed by atoms with Crippen molar-refractivity contribution in [3.8, 4) is 16.9 Å². The molecule has 1 aromatic carbocycles. The fourth-order valence-electron chi connectivity index (χ4n) is 4.12. The van der Waals surface area contributed by atoms with Gasteiger partial charge >= 0.3 is 0 Å². The minimum absolute atomic E-state index is 0.00316. The standard InChI is InChI=1S/C23H21N3O4/c1-28-13-19-22(14-5-3-6-16(9-14)29-2)23-24-18-10-15(21-7-4-8-30-21)11-20(27)17(18)12-26(23)25-19/h3-9,12,15H,10-11,13H2,1-2H3. The Morgan fingerprint density at radius 1 is 1.20 bits per heavy atom. The Bertz CT molecular complexity index is 1230. The van der Waals surface area contributed by atoms with Crippen molar-refractivity contribution in [3.63, 3.8) is 0 Å². The molecule has 1 atom stereocenters. The van der Waals surface area contributed by atoms with E-state index in [0.717, 1.165) is 34.0 Å². The molecular formula is C23H21N3O4. The van der Waals surface area contributed by atoms with Crippen LogP contribution in [0.15, 0.2) is 53.3 Å². The van der Waals surface area contributed by atoms with Gasteiger partial charge in [-0.1, -0.05) is 12.1 Å². The number of Topliss-reactive ketones (excluding diaryl/α,β-unsaturated/α-hetero) is 1. The first kappa shape index (κ1) is 18.6. The minimum Gasteiger partial charge on any atom is -0.497 e. The number of ether oxygens (including phenoxy) is 2. The van der Waals surface area contributed by atoms with Gasteiger partial charge in [0.25, 0.3) is 0 Å². The van der Waals surface area contributed by atoms with Gasteiger partial charge in [-0.3, -0.25) is 4.79 Å². The van der Waals surface area contributed by atoms with Crippen LogP contribution in [0.3, 0.4) is 0 Å². The van der Waals surface area contributed by atoms with Crippen molar-refractivity contribution in [1.29, 1.82) is 0 Å². The number of furan rings is 1. The Balaban J connectivity index is 1.67. The highest BCUT2D eigenvalue weighted by molar-refractivity contribution is 5.99. The van der Waals surface area contributed by atoms with Gasteiger partial charge in [-0.05, 0) is 29.8 Å². The van der Waals surface area contributed by atoms with Crippen LogP contribution in [0.5, 0.6) is 5.75 Å². The molecule has 0 amide bonds. The number of ketones is 1. The number of hydrogen-bond acceptors (Lipinski definition) is 6. The van der Waals surface area contributed by atoms with Crippen LogP contribution >= 0.6 is 0 Å². The predicted octanol–water partition coefficient (Wildman–Crippen LogP) is 4.06. The second-order valence-corrected chi connectivity index (χ2v) is 7.40. The van der Waals surface area contributed by atoms with Crippen LogP contribution < -0.4 is 4.74 Å². The molecule has 0 fully saturated rings. The summed E-state index contributed by atoms with van der Waals surface area (Å²) in [5, 5.41) is 4.66. The van der Waals surface area contributed by atoms with Crippen molar-refractivity contribution >= 4 is 11.4 Å². The van der Waals surface area contributed by atoms with Gasteiger partial charge in [-0.15, -0.1) is 0 Å².